The first kappa shape index (κ1) is 22.5. The quantitative estimate of drug-likeness (QED) is 0.274. The summed E-state index contributed by atoms with van der Waals surface area (Å²) in [6, 6.07) is 8.01. The van der Waals surface area contributed by atoms with Crippen molar-refractivity contribution >= 4 is 17.8 Å². The van der Waals surface area contributed by atoms with Gasteiger partial charge in [-0.2, -0.15) is 4.89 Å². The maximum atomic E-state index is 12.5. The van der Waals surface area contributed by atoms with Crippen molar-refractivity contribution in [3.8, 4) is 28.7 Å². The lowest BCUT2D eigenvalue weighted by Gasteiger charge is -2.11. The van der Waals surface area contributed by atoms with Crippen molar-refractivity contribution in [3.63, 3.8) is 0 Å². The summed E-state index contributed by atoms with van der Waals surface area (Å²) >= 11 is 0. The SMILES string of the molecule is COOc1ccc(/C=C/C(=O)C(=C=O)Cc2cc(OC)c(O)c(OC)c2)cc1OC. The molecule has 8 nitrogen and oxygen atoms in total. The molecule has 0 amide bonds. The Bertz CT molecular complexity index is 962. The normalized spacial score (nSPS) is 10.4. The van der Waals surface area contributed by atoms with Crippen molar-refractivity contribution in [2.24, 2.45) is 0 Å². The second-order valence-electron chi connectivity index (χ2n) is 5.96. The minimum absolute atomic E-state index is 0.0103. The van der Waals surface area contributed by atoms with Gasteiger partial charge in [0.05, 0.1) is 34.0 Å². The van der Waals surface area contributed by atoms with Crippen LogP contribution in [-0.2, 0) is 20.9 Å². The van der Waals surface area contributed by atoms with Gasteiger partial charge < -0.3 is 24.2 Å². The number of hydrogen-bond acceptors (Lipinski definition) is 8. The third-order valence-electron chi connectivity index (χ3n) is 4.13. The second-order valence-corrected chi connectivity index (χ2v) is 5.96. The summed E-state index contributed by atoms with van der Waals surface area (Å²) in [7, 11) is 5.63. The van der Waals surface area contributed by atoms with Gasteiger partial charge in [0.2, 0.25) is 11.5 Å². The highest BCUT2D eigenvalue weighted by atomic mass is 17.2. The average Bonchev–Trinajstić information content (AvgIpc) is 2.77. The molecule has 0 spiro atoms. The van der Waals surface area contributed by atoms with Gasteiger partial charge in [-0.05, 0) is 41.5 Å². The predicted molar refractivity (Wildman–Crippen MR) is 109 cm³/mol. The predicted octanol–water partition coefficient (Wildman–Crippen LogP) is 2.94. The van der Waals surface area contributed by atoms with Crippen molar-refractivity contribution in [1.82, 2.24) is 0 Å². The number of carbonyl (C=O) groups excluding carboxylic acids is 2. The van der Waals surface area contributed by atoms with E-state index in [1.165, 1.54) is 52.7 Å². The Hall–Kier alpha value is -3.74. The molecule has 30 heavy (non-hydrogen) atoms. The number of ether oxygens (including phenoxy) is 3. The molecule has 2 rings (SSSR count). The molecule has 0 aliphatic heterocycles. The summed E-state index contributed by atoms with van der Waals surface area (Å²) in [6.07, 6.45) is 2.79. The van der Waals surface area contributed by atoms with Gasteiger partial charge in [0, 0.05) is 6.42 Å². The largest absolute Gasteiger partial charge is 0.502 e. The van der Waals surface area contributed by atoms with Crippen molar-refractivity contribution in [1.29, 1.82) is 0 Å². The van der Waals surface area contributed by atoms with Crippen molar-refractivity contribution in [2.45, 2.75) is 6.42 Å². The number of hydrogen-bond donors (Lipinski definition) is 1. The zero-order valence-corrected chi connectivity index (χ0v) is 17.1. The van der Waals surface area contributed by atoms with E-state index in [9.17, 15) is 14.7 Å². The van der Waals surface area contributed by atoms with Gasteiger partial charge in [0.25, 0.3) is 0 Å². The second kappa shape index (κ2) is 10.7. The van der Waals surface area contributed by atoms with E-state index in [0.717, 1.165) is 0 Å². The molecule has 0 heterocycles. The Morgan fingerprint density at radius 2 is 1.60 bits per heavy atom. The number of carbonyl (C=O) groups is 1. The molecule has 158 valence electrons. The number of phenols is 1. The molecule has 8 heteroatoms. The fourth-order valence-corrected chi connectivity index (χ4v) is 2.65. The maximum absolute atomic E-state index is 12.5. The molecule has 0 radical (unpaired) electrons. The van der Waals surface area contributed by atoms with Crippen LogP contribution in [0.4, 0.5) is 0 Å². The Morgan fingerprint density at radius 3 is 2.13 bits per heavy atom. The van der Waals surface area contributed by atoms with Crippen LogP contribution in [0, 0.1) is 0 Å². The topological polar surface area (TPSA) is 101 Å². The van der Waals surface area contributed by atoms with Crippen LogP contribution in [0.2, 0.25) is 0 Å². The van der Waals surface area contributed by atoms with E-state index >= 15 is 0 Å². The van der Waals surface area contributed by atoms with E-state index in [4.69, 9.17) is 19.1 Å². The lowest BCUT2D eigenvalue weighted by atomic mass is 10.0. The van der Waals surface area contributed by atoms with Gasteiger partial charge in [0.15, 0.2) is 23.0 Å². The van der Waals surface area contributed by atoms with E-state index in [1.54, 1.807) is 24.1 Å². The van der Waals surface area contributed by atoms with E-state index in [-0.39, 0.29) is 29.2 Å². The van der Waals surface area contributed by atoms with Crippen molar-refractivity contribution in [3.05, 3.63) is 53.1 Å². The zero-order valence-electron chi connectivity index (χ0n) is 17.1. The van der Waals surface area contributed by atoms with Gasteiger partial charge in [-0.25, -0.2) is 4.79 Å². The first-order chi connectivity index (χ1) is 14.5. The summed E-state index contributed by atoms with van der Waals surface area (Å²) in [5, 5.41) is 9.98. The standard InChI is InChI=1S/C22H22O8/c1-26-19-10-14(6-8-18(19)30-29-4)5-7-17(24)16(13-23)9-15-11-20(27-2)22(25)21(12-15)28-3/h5-8,10-12,25H,9H2,1-4H3/b7-5+. The molecular weight excluding hydrogens is 392 g/mol. The molecule has 1 N–H and O–H groups in total. The van der Waals surface area contributed by atoms with Crippen molar-refractivity contribution in [2.75, 3.05) is 28.4 Å². The number of aromatic hydroxyl groups is 1. The minimum Gasteiger partial charge on any atom is -0.502 e. The fraction of sp³-hybridized carbons (Fsp3) is 0.227. The van der Waals surface area contributed by atoms with Crippen LogP contribution in [0.3, 0.4) is 0 Å². The van der Waals surface area contributed by atoms with Crippen LogP contribution in [-0.4, -0.2) is 45.3 Å². The van der Waals surface area contributed by atoms with Crippen LogP contribution in [0.15, 0.2) is 42.0 Å². The monoisotopic (exact) mass is 414 g/mol. The Balaban J connectivity index is 2.21. The first-order valence-electron chi connectivity index (χ1n) is 8.76. The van der Waals surface area contributed by atoms with Gasteiger partial charge in [-0.15, -0.1) is 0 Å². The van der Waals surface area contributed by atoms with Gasteiger partial charge in [-0.1, -0.05) is 12.1 Å². The highest BCUT2D eigenvalue weighted by Crippen LogP contribution is 2.37. The lowest BCUT2D eigenvalue weighted by molar-refractivity contribution is -0.179. The first-order valence-corrected chi connectivity index (χ1v) is 8.76. The third kappa shape index (κ3) is 5.41. The number of benzene rings is 2. The number of ketones is 1. The van der Waals surface area contributed by atoms with Gasteiger partial charge in [-0.3, -0.25) is 4.79 Å². The lowest BCUT2D eigenvalue weighted by Crippen LogP contribution is -2.04. The summed E-state index contributed by atoms with van der Waals surface area (Å²) in [4.78, 5) is 33.4. The van der Waals surface area contributed by atoms with Crippen LogP contribution in [0.5, 0.6) is 28.7 Å². The van der Waals surface area contributed by atoms with Crippen molar-refractivity contribution < 1.29 is 38.7 Å². The number of phenolic OH excluding ortho intramolecular Hbond substituents is 1. The molecule has 0 saturated carbocycles. The minimum atomic E-state index is -0.507. The summed E-state index contributed by atoms with van der Waals surface area (Å²) in [6.45, 7) is 0. The smallest absolute Gasteiger partial charge is 0.207 e. The average molecular weight is 414 g/mol. The molecule has 2 aromatic carbocycles. The van der Waals surface area contributed by atoms with Crippen LogP contribution < -0.4 is 19.1 Å². The van der Waals surface area contributed by atoms with Crippen LogP contribution in [0.1, 0.15) is 11.1 Å². The zero-order chi connectivity index (χ0) is 22.1. The molecule has 0 bridgehead atoms. The fourth-order valence-electron chi connectivity index (χ4n) is 2.65. The number of rotatable bonds is 10. The van der Waals surface area contributed by atoms with E-state index in [0.29, 0.717) is 22.6 Å². The highest BCUT2D eigenvalue weighted by Gasteiger charge is 2.15. The van der Waals surface area contributed by atoms with E-state index in [1.807, 2.05) is 0 Å². The Kier molecular flexibility index (Phi) is 8.05. The summed E-state index contributed by atoms with van der Waals surface area (Å²) in [5.41, 5.74) is 1.11. The summed E-state index contributed by atoms with van der Waals surface area (Å²) < 4.78 is 15.4. The van der Waals surface area contributed by atoms with Crippen LogP contribution in [0.25, 0.3) is 6.08 Å². The summed E-state index contributed by atoms with van der Waals surface area (Å²) in [5.74, 6) is 2.15. The highest BCUT2D eigenvalue weighted by molar-refractivity contribution is 6.11. The molecule has 0 fully saturated rings. The van der Waals surface area contributed by atoms with Gasteiger partial charge in [0.1, 0.15) is 5.94 Å². The molecule has 2 aromatic rings. The third-order valence-corrected chi connectivity index (χ3v) is 4.13. The molecule has 0 aliphatic carbocycles. The van der Waals surface area contributed by atoms with Gasteiger partial charge >= 0.3 is 0 Å². The molecule has 0 aromatic heterocycles. The number of allylic oxidation sites excluding steroid dienone is 2. The Labute approximate surface area is 173 Å². The van der Waals surface area contributed by atoms with E-state index in [2.05, 4.69) is 4.89 Å². The Morgan fingerprint density at radius 1 is 0.967 bits per heavy atom. The molecular formula is C22H22O8. The molecule has 0 saturated heterocycles. The molecule has 0 unspecified atom stereocenters. The van der Waals surface area contributed by atoms with Crippen LogP contribution >= 0.6 is 0 Å². The van der Waals surface area contributed by atoms with E-state index < -0.39 is 5.78 Å². The maximum Gasteiger partial charge on any atom is 0.207 e. The molecule has 0 atom stereocenters. The molecule has 0 aliphatic rings. The number of methoxy groups -OCH3 is 3.